The molecule has 0 bridgehead atoms. The zero-order valence-electron chi connectivity index (χ0n) is 18.5. The number of amides is 1. The van der Waals surface area contributed by atoms with Crippen molar-refractivity contribution in [3.05, 3.63) is 77.6 Å². The van der Waals surface area contributed by atoms with E-state index in [0.717, 1.165) is 29.7 Å². The van der Waals surface area contributed by atoms with Crippen LogP contribution in [0, 0.1) is 13.8 Å². The predicted molar refractivity (Wildman–Crippen MR) is 125 cm³/mol. The van der Waals surface area contributed by atoms with E-state index in [1.807, 2.05) is 55.6 Å². The number of aryl methyl sites for hydroxylation is 2. The first kappa shape index (κ1) is 22.3. The van der Waals surface area contributed by atoms with Crippen LogP contribution in [0.5, 0.6) is 0 Å². The lowest BCUT2D eigenvalue weighted by Crippen LogP contribution is -2.51. The zero-order valence-corrected chi connectivity index (χ0v) is 19.4. The molecule has 168 valence electrons. The van der Waals surface area contributed by atoms with Gasteiger partial charge in [-0.3, -0.25) is 4.79 Å². The Bertz CT molecular complexity index is 1190. The summed E-state index contributed by atoms with van der Waals surface area (Å²) in [4.78, 5) is 13.6. The minimum absolute atomic E-state index is 0.281. The molecule has 1 saturated carbocycles. The van der Waals surface area contributed by atoms with Gasteiger partial charge in [0.1, 0.15) is 0 Å². The molecule has 32 heavy (non-hydrogen) atoms. The summed E-state index contributed by atoms with van der Waals surface area (Å²) in [5.41, 5.74) is 3.60. The second kappa shape index (κ2) is 8.90. The van der Waals surface area contributed by atoms with Crippen molar-refractivity contribution in [2.75, 3.05) is 6.54 Å². The number of nitrogens with one attached hydrogen (secondary N) is 1. The van der Waals surface area contributed by atoms with E-state index in [9.17, 15) is 13.2 Å². The molecule has 0 aliphatic heterocycles. The van der Waals surface area contributed by atoms with Crippen LogP contribution >= 0.6 is 0 Å². The summed E-state index contributed by atoms with van der Waals surface area (Å²) in [5.74, 6) is -0.371. The largest absolute Gasteiger partial charge is 0.354 e. The van der Waals surface area contributed by atoms with Crippen molar-refractivity contribution in [3.63, 3.8) is 0 Å². The Labute approximate surface area is 189 Å². The zero-order chi connectivity index (χ0) is 22.8. The monoisotopic (exact) mass is 451 g/mol. The van der Waals surface area contributed by atoms with E-state index in [2.05, 4.69) is 10.4 Å². The number of hydrogen-bond donors (Lipinski definition) is 1. The number of rotatable bonds is 7. The van der Waals surface area contributed by atoms with E-state index in [4.69, 9.17) is 0 Å². The van der Waals surface area contributed by atoms with Gasteiger partial charge in [0, 0.05) is 18.9 Å². The Morgan fingerprint density at radius 1 is 1.09 bits per heavy atom. The van der Waals surface area contributed by atoms with Crippen molar-refractivity contribution in [2.24, 2.45) is 0 Å². The van der Waals surface area contributed by atoms with Gasteiger partial charge in [-0.1, -0.05) is 37.1 Å². The topological polar surface area (TPSA) is 81.1 Å². The fourth-order valence-electron chi connectivity index (χ4n) is 4.49. The molecule has 4 rings (SSSR count). The summed E-state index contributed by atoms with van der Waals surface area (Å²) in [6, 6.07) is 15.2. The Hall–Kier alpha value is -2.93. The maximum atomic E-state index is 13.7. The Kier molecular flexibility index (Phi) is 6.20. The lowest BCUT2D eigenvalue weighted by atomic mass is 10.1. The van der Waals surface area contributed by atoms with Gasteiger partial charge in [0.25, 0.3) is 0 Å². The third-order valence-electron chi connectivity index (χ3n) is 6.38. The molecule has 1 aliphatic carbocycles. The fraction of sp³-hybridized carbons (Fsp3) is 0.360. The summed E-state index contributed by atoms with van der Waals surface area (Å²) in [5, 5.41) is 7.15. The van der Waals surface area contributed by atoms with Crippen LogP contribution in [0.3, 0.4) is 0 Å². The van der Waals surface area contributed by atoms with Gasteiger partial charge in [0.2, 0.25) is 5.91 Å². The van der Waals surface area contributed by atoms with E-state index in [-0.39, 0.29) is 10.8 Å². The average Bonchev–Trinajstić information content (AvgIpc) is 3.49. The molecule has 0 unspecified atom stereocenters. The highest BCUT2D eigenvalue weighted by Crippen LogP contribution is 2.41. The highest BCUT2D eigenvalue weighted by molar-refractivity contribution is 7.93. The van der Waals surface area contributed by atoms with Crippen LogP contribution in [0.2, 0.25) is 0 Å². The lowest BCUT2D eigenvalue weighted by Gasteiger charge is -2.28. The van der Waals surface area contributed by atoms with E-state index >= 15 is 0 Å². The Morgan fingerprint density at radius 2 is 1.81 bits per heavy atom. The number of carbonyl (C=O) groups is 1. The van der Waals surface area contributed by atoms with Crippen molar-refractivity contribution in [3.8, 4) is 5.69 Å². The fourth-order valence-corrected chi connectivity index (χ4v) is 6.89. The molecule has 1 aliphatic rings. The van der Waals surface area contributed by atoms with Crippen molar-refractivity contribution >= 4 is 15.7 Å². The van der Waals surface area contributed by atoms with Crippen LogP contribution in [0.4, 0.5) is 0 Å². The second-order valence-corrected chi connectivity index (χ2v) is 10.8. The van der Waals surface area contributed by atoms with Gasteiger partial charge >= 0.3 is 0 Å². The molecule has 1 heterocycles. The Balaban J connectivity index is 1.47. The van der Waals surface area contributed by atoms with Crippen LogP contribution < -0.4 is 5.32 Å². The summed E-state index contributed by atoms with van der Waals surface area (Å²) in [6.45, 7) is 4.06. The minimum atomic E-state index is -3.80. The first-order valence-electron chi connectivity index (χ1n) is 11.0. The van der Waals surface area contributed by atoms with E-state index < -0.39 is 14.6 Å². The average molecular weight is 452 g/mol. The van der Waals surface area contributed by atoms with Gasteiger partial charge in [-0.2, -0.15) is 5.10 Å². The summed E-state index contributed by atoms with van der Waals surface area (Å²) in [6.07, 6.45) is 6.46. The minimum Gasteiger partial charge on any atom is -0.354 e. The number of sulfone groups is 1. The van der Waals surface area contributed by atoms with Crippen LogP contribution in [-0.2, 0) is 21.1 Å². The summed E-state index contributed by atoms with van der Waals surface area (Å²) >= 11 is 0. The maximum absolute atomic E-state index is 13.7. The first-order valence-corrected chi connectivity index (χ1v) is 12.5. The molecule has 2 aromatic carbocycles. The summed E-state index contributed by atoms with van der Waals surface area (Å²) in [7, 11) is -3.80. The quantitative estimate of drug-likeness (QED) is 0.590. The van der Waals surface area contributed by atoms with E-state index in [1.165, 1.54) is 0 Å². The van der Waals surface area contributed by atoms with Crippen LogP contribution in [0.1, 0.15) is 42.4 Å². The molecule has 6 nitrogen and oxygen atoms in total. The van der Waals surface area contributed by atoms with Gasteiger partial charge in [-0.25, -0.2) is 13.1 Å². The van der Waals surface area contributed by atoms with E-state index in [1.54, 1.807) is 23.9 Å². The molecule has 1 aromatic heterocycles. The first-order chi connectivity index (χ1) is 15.3. The number of benzene rings is 2. The highest BCUT2D eigenvalue weighted by atomic mass is 32.2. The van der Waals surface area contributed by atoms with Gasteiger partial charge < -0.3 is 5.32 Å². The molecule has 0 saturated heterocycles. The van der Waals surface area contributed by atoms with Crippen molar-refractivity contribution in [1.82, 2.24) is 15.1 Å². The predicted octanol–water partition coefficient (Wildman–Crippen LogP) is 3.93. The van der Waals surface area contributed by atoms with Crippen molar-refractivity contribution < 1.29 is 13.2 Å². The third kappa shape index (κ3) is 4.09. The molecule has 1 amide bonds. The highest BCUT2D eigenvalue weighted by Gasteiger charge is 2.53. The van der Waals surface area contributed by atoms with Crippen LogP contribution in [-0.4, -0.2) is 35.4 Å². The standard InChI is InChI=1S/C25H29N3O3S/c1-19-6-7-20(2)23(18-19)32(30,31)25(13-3-4-14-25)24(29)26-16-12-21-8-10-22(11-9-21)28-17-5-15-27-28/h5-11,15,17-18H,3-4,12-14,16H2,1-2H3,(H,26,29). The molecule has 3 aromatic rings. The SMILES string of the molecule is Cc1ccc(C)c(S(=O)(=O)C2(C(=O)NCCc3ccc(-n4cccn4)cc3)CCCC2)c1. The lowest BCUT2D eigenvalue weighted by molar-refractivity contribution is -0.123. The van der Waals surface area contributed by atoms with Crippen molar-refractivity contribution in [2.45, 2.75) is 55.6 Å². The molecular formula is C25H29N3O3S. The molecular weight excluding hydrogens is 422 g/mol. The maximum Gasteiger partial charge on any atom is 0.241 e. The molecule has 0 spiro atoms. The third-order valence-corrected chi connectivity index (χ3v) is 9.02. The number of nitrogens with zero attached hydrogens (tertiary/aromatic N) is 2. The second-order valence-electron chi connectivity index (χ2n) is 8.60. The summed E-state index contributed by atoms with van der Waals surface area (Å²) < 4.78 is 27.8. The molecule has 0 radical (unpaired) electrons. The molecule has 0 atom stereocenters. The molecule has 1 fully saturated rings. The van der Waals surface area contributed by atoms with Crippen LogP contribution in [0.15, 0.2) is 65.8 Å². The number of aromatic nitrogens is 2. The Morgan fingerprint density at radius 3 is 2.47 bits per heavy atom. The van der Waals surface area contributed by atoms with E-state index in [0.29, 0.717) is 31.4 Å². The molecule has 7 heteroatoms. The van der Waals surface area contributed by atoms with Crippen molar-refractivity contribution in [1.29, 1.82) is 0 Å². The van der Waals surface area contributed by atoms with Gasteiger partial charge in [-0.05, 0) is 74.1 Å². The number of carbonyl (C=O) groups excluding carboxylic acids is 1. The van der Waals surface area contributed by atoms with Gasteiger partial charge in [0.05, 0.1) is 10.6 Å². The van der Waals surface area contributed by atoms with Gasteiger partial charge in [0.15, 0.2) is 14.6 Å². The smallest absolute Gasteiger partial charge is 0.241 e. The van der Waals surface area contributed by atoms with Crippen LogP contribution in [0.25, 0.3) is 5.69 Å². The molecule has 1 N–H and O–H groups in total. The normalized spacial score (nSPS) is 15.6. The van der Waals surface area contributed by atoms with Gasteiger partial charge in [-0.15, -0.1) is 0 Å². The number of hydrogen-bond acceptors (Lipinski definition) is 4.